The maximum Gasteiger partial charge on any atom is 0.456 e. The van der Waals surface area contributed by atoms with Crippen LogP contribution in [0.3, 0.4) is 0 Å². The molecule has 0 spiro atoms. The van der Waals surface area contributed by atoms with Crippen molar-refractivity contribution in [2.75, 3.05) is 0 Å². The van der Waals surface area contributed by atoms with Crippen molar-refractivity contribution in [1.29, 1.82) is 0 Å². The maximum atomic E-state index is 14.5. The number of alkyl halides is 5. The highest BCUT2D eigenvalue weighted by Crippen LogP contribution is 2.67. The van der Waals surface area contributed by atoms with Crippen LogP contribution < -0.4 is 0 Å². The standard InChI is InChI=1S/C21H23F5O2/c1-2-18-9-7-15-14-6-4-13(27)11-12(14)3-5-16(15)17(18)8-10-19(18,28)20(22,23)21(24,25)26/h7,9,11,16-17,28H,2-6,8,10H2,1H3/t16?,17?,18?,19-/m1/s1. The number of hydrogen-bond acceptors (Lipinski definition) is 2. The molecule has 28 heavy (non-hydrogen) atoms. The molecule has 0 bridgehead atoms. The number of fused-ring (bicyclic) bond motifs is 4. The summed E-state index contributed by atoms with van der Waals surface area (Å²) in [6.07, 6.45) is 0.652. The zero-order valence-corrected chi connectivity index (χ0v) is 15.6. The number of carbonyl (C=O) groups excluding carboxylic acids is 1. The first-order valence-electron chi connectivity index (χ1n) is 9.81. The van der Waals surface area contributed by atoms with E-state index >= 15 is 0 Å². The molecule has 0 aliphatic heterocycles. The molecule has 0 aromatic heterocycles. The first-order valence-corrected chi connectivity index (χ1v) is 9.81. The van der Waals surface area contributed by atoms with E-state index in [-0.39, 0.29) is 24.5 Å². The van der Waals surface area contributed by atoms with E-state index < -0.39 is 35.5 Å². The lowest BCUT2D eigenvalue weighted by molar-refractivity contribution is -0.358. The molecule has 4 atom stereocenters. The summed E-state index contributed by atoms with van der Waals surface area (Å²) in [6.45, 7) is 1.58. The van der Waals surface area contributed by atoms with Crippen LogP contribution in [0.15, 0.2) is 34.9 Å². The summed E-state index contributed by atoms with van der Waals surface area (Å²) in [6, 6.07) is 0. The maximum absolute atomic E-state index is 14.5. The number of allylic oxidation sites excluding steroid dienone is 5. The van der Waals surface area contributed by atoms with E-state index in [0.29, 0.717) is 25.7 Å². The van der Waals surface area contributed by atoms with Crippen LogP contribution in [0, 0.1) is 17.3 Å². The fourth-order valence-corrected chi connectivity index (χ4v) is 6.23. The number of hydrogen-bond donors (Lipinski definition) is 1. The van der Waals surface area contributed by atoms with Gasteiger partial charge in [-0.05, 0) is 73.2 Å². The van der Waals surface area contributed by atoms with E-state index in [1.807, 2.05) is 0 Å². The van der Waals surface area contributed by atoms with Crippen molar-refractivity contribution in [3.63, 3.8) is 0 Å². The second-order valence-electron chi connectivity index (χ2n) is 8.52. The van der Waals surface area contributed by atoms with Gasteiger partial charge in [-0.3, -0.25) is 4.79 Å². The lowest BCUT2D eigenvalue weighted by Crippen LogP contribution is -2.64. The molecule has 1 saturated carbocycles. The largest absolute Gasteiger partial charge is 0.456 e. The summed E-state index contributed by atoms with van der Waals surface area (Å²) in [7, 11) is 0. The van der Waals surface area contributed by atoms with Crippen LogP contribution in [0.4, 0.5) is 22.0 Å². The predicted octanol–water partition coefficient (Wildman–Crippen LogP) is 5.29. The summed E-state index contributed by atoms with van der Waals surface area (Å²) in [4.78, 5) is 11.7. The third-order valence-electron chi connectivity index (χ3n) is 7.57. The molecule has 0 aromatic rings. The van der Waals surface area contributed by atoms with Gasteiger partial charge >= 0.3 is 12.1 Å². The minimum absolute atomic E-state index is 0.0105. The van der Waals surface area contributed by atoms with Gasteiger partial charge in [0.15, 0.2) is 5.78 Å². The van der Waals surface area contributed by atoms with Crippen LogP contribution in [-0.4, -0.2) is 28.6 Å². The molecular formula is C21H23F5O2. The molecule has 4 aliphatic rings. The molecule has 1 fully saturated rings. The predicted molar refractivity (Wildman–Crippen MR) is 92.6 cm³/mol. The van der Waals surface area contributed by atoms with E-state index in [9.17, 15) is 31.9 Å². The highest BCUT2D eigenvalue weighted by molar-refractivity contribution is 5.93. The van der Waals surface area contributed by atoms with Crippen LogP contribution >= 0.6 is 0 Å². The highest BCUT2D eigenvalue weighted by Gasteiger charge is 2.78. The van der Waals surface area contributed by atoms with Gasteiger partial charge in [-0.25, -0.2) is 0 Å². The van der Waals surface area contributed by atoms with Crippen molar-refractivity contribution in [2.24, 2.45) is 17.3 Å². The summed E-state index contributed by atoms with van der Waals surface area (Å²) < 4.78 is 68.6. The van der Waals surface area contributed by atoms with Gasteiger partial charge in [0, 0.05) is 11.8 Å². The average molecular weight is 402 g/mol. The van der Waals surface area contributed by atoms with Crippen LogP contribution in [0.1, 0.15) is 51.9 Å². The Morgan fingerprint density at radius 3 is 2.50 bits per heavy atom. The third kappa shape index (κ3) is 2.31. The molecule has 0 heterocycles. The van der Waals surface area contributed by atoms with Gasteiger partial charge in [0.25, 0.3) is 0 Å². The zero-order chi connectivity index (χ0) is 20.5. The Morgan fingerprint density at radius 2 is 1.86 bits per heavy atom. The molecule has 0 amide bonds. The summed E-state index contributed by atoms with van der Waals surface area (Å²) >= 11 is 0. The number of aliphatic hydroxyl groups is 1. The lowest BCUT2D eigenvalue weighted by atomic mass is 9.55. The number of halogens is 5. The lowest BCUT2D eigenvalue weighted by Gasteiger charge is -2.52. The van der Waals surface area contributed by atoms with Gasteiger partial charge < -0.3 is 5.11 Å². The van der Waals surface area contributed by atoms with E-state index in [0.717, 1.165) is 16.7 Å². The van der Waals surface area contributed by atoms with Crippen LogP contribution in [0.5, 0.6) is 0 Å². The topological polar surface area (TPSA) is 37.3 Å². The van der Waals surface area contributed by atoms with Gasteiger partial charge in [-0.15, -0.1) is 0 Å². The third-order valence-corrected chi connectivity index (χ3v) is 7.57. The minimum atomic E-state index is -5.81. The Morgan fingerprint density at radius 1 is 1.14 bits per heavy atom. The minimum Gasteiger partial charge on any atom is -0.382 e. The summed E-state index contributed by atoms with van der Waals surface area (Å²) in [5, 5.41) is 10.9. The van der Waals surface area contributed by atoms with Gasteiger partial charge in [0.05, 0.1) is 0 Å². The summed E-state index contributed by atoms with van der Waals surface area (Å²) in [5.74, 6) is -5.75. The first-order chi connectivity index (χ1) is 13.0. The molecule has 3 unspecified atom stereocenters. The molecule has 4 aliphatic carbocycles. The Hall–Kier alpha value is -1.50. The molecule has 2 nitrogen and oxygen atoms in total. The van der Waals surface area contributed by atoms with Crippen molar-refractivity contribution < 1.29 is 31.9 Å². The van der Waals surface area contributed by atoms with Crippen LogP contribution in [0.2, 0.25) is 0 Å². The summed E-state index contributed by atoms with van der Waals surface area (Å²) in [5.41, 5.74) is -1.81. The highest BCUT2D eigenvalue weighted by atomic mass is 19.4. The molecule has 0 aromatic carbocycles. The normalized spacial score (nSPS) is 38.1. The number of ketones is 1. The molecule has 0 saturated heterocycles. The second kappa shape index (κ2) is 6.00. The SMILES string of the molecule is CCC12C=CC3=C4CCC(=O)C=C4CCC3C1CC[C@]2(O)C(F)(F)C(F)(F)F. The second-order valence-corrected chi connectivity index (χ2v) is 8.52. The van der Waals surface area contributed by atoms with E-state index in [4.69, 9.17) is 0 Å². The fourth-order valence-electron chi connectivity index (χ4n) is 6.23. The van der Waals surface area contributed by atoms with Gasteiger partial charge in [-0.2, -0.15) is 22.0 Å². The smallest absolute Gasteiger partial charge is 0.382 e. The Bertz CT molecular complexity index is 806. The Labute approximate surface area is 160 Å². The zero-order valence-electron chi connectivity index (χ0n) is 15.6. The van der Waals surface area contributed by atoms with Gasteiger partial charge in [0.1, 0.15) is 5.60 Å². The molecule has 4 rings (SSSR count). The monoisotopic (exact) mass is 402 g/mol. The molecule has 154 valence electrons. The molecule has 1 N–H and O–H groups in total. The first kappa shape index (κ1) is 19.8. The van der Waals surface area contributed by atoms with E-state index in [1.165, 1.54) is 6.08 Å². The van der Waals surface area contributed by atoms with Crippen molar-refractivity contribution >= 4 is 5.78 Å². The van der Waals surface area contributed by atoms with Crippen LogP contribution in [-0.2, 0) is 4.79 Å². The van der Waals surface area contributed by atoms with Crippen molar-refractivity contribution in [2.45, 2.75) is 69.6 Å². The van der Waals surface area contributed by atoms with E-state index in [1.54, 1.807) is 19.1 Å². The molecule has 0 radical (unpaired) electrons. The van der Waals surface area contributed by atoms with Gasteiger partial charge in [0.2, 0.25) is 0 Å². The van der Waals surface area contributed by atoms with Crippen molar-refractivity contribution in [1.82, 2.24) is 0 Å². The average Bonchev–Trinajstić information content (AvgIpc) is 2.95. The van der Waals surface area contributed by atoms with Crippen molar-refractivity contribution in [3.8, 4) is 0 Å². The number of rotatable bonds is 2. The van der Waals surface area contributed by atoms with Gasteiger partial charge in [-0.1, -0.05) is 19.1 Å². The number of carbonyl (C=O) groups is 1. The van der Waals surface area contributed by atoms with E-state index in [2.05, 4.69) is 0 Å². The van der Waals surface area contributed by atoms with Crippen molar-refractivity contribution in [3.05, 3.63) is 34.9 Å². The Kier molecular flexibility index (Phi) is 4.24. The fraction of sp³-hybridized carbons (Fsp3) is 0.667. The molecular weight excluding hydrogens is 379 g/mol. The molecule has 7 heteroatoms. The Balaban J connectivity index is 1.84. The quantitative estimate of drug-likeness (QED) is 0.638. The van der Waals surface area contributed by atoms with Crippen LogP contribution in [0.25, 0.3) is 0 Å².